The van der Waals surface area contributed by atoms with Crippen LogP contribution in [0, 0.1) is 0 Å². The van der Waals surface area contributed by atoms with Crippen LogP contribution in [-0.4, -0.2) is 15.9 Å². The number of hydrogen-bond acceptors (Lipinski definition) is 6. The molecule has 0 spiro atoms. The third kappa shape index (κ3) is 5.46. The molecule has 32 heavy (non-hydrogen) atoms. The number of nitrogens with two attached hydrogens (primary N) is 1. The Balaban J connectivity index is 1.47. The van der Waals surface area contributed by atoms with Gasteiger partial charge in [-0.1, -0.05) is 35.3 Å². The first-order valence-electron chi connectivity index (χ1n) is 9.46. The maximum atomic E-state index is 11.4. The number of primary amides is 1. The summed E-state index contributed by atoms with van der Waals surface area (Å²) in [6.07, 6.45) is 1.60. The lowest BCUT2D eigenvalue weighted by atomic mass is 10.2. The molecule has 0 saturated carbocycles. The predicted octanol–water partition coefficient (Wildman–Crippen LogP) is 6.16. The van der Waals surface area contributed by atoms with Crippen LogP contribution in [0.4, 0.5) is 23.1 Å². The Bertz CT molecular complexity index is 1280. The molecule has 0 fully saturated rings. The van der Waals surface area contributed by atoms with Gasteiger partial charge in [-0.05, 0) is 60.7 Å². The fourth-order valence-corrected chi connectivity index (χ4v) is 3.23. The van der Waals surface area contributed by atoms with Crippen LogP contribution in [0.15, 0.2) is 79.0 Å². The average molecular weight is 466 g/mol. The number of nitrogens with one attached hydrogen (secondary N) is 2. The molecule has 4 aromatic rings. The summed E-state index contributed by atoms with van der Waals surface area (Å²) < 4.78 is 5.79. The molecule has 0 bridgehead atoms. The highest BCUT2D eigenvalue weighted by Gasteiger charge is 2.08. The van der Waals surface area contributed by atoms with Crippen molar-refractivity contribution in [1.82, 2.24) is 9.97 Å². The lowest BCUT2D eigenvalue weighted by molar-refractivity contribution is 0.100. The summed E-state index contributed by atoms with van der Waals surface area (Å²) in [5, 5.41) is 7.22. The minimum atomic E-state index is -0.510. The van der Waals surface area contributed by atoms with Crippen molar-refractivity contribution in [3.63, 3.8) is 0 Å². The fourth-order valence-electron chi connectivity index (χ4n) is 2.83. The van der Waals surface area contributed by atoms with Gasteiger partial charge in [0.1, 0.15) is 17.3 Å². The summed E-state index contributed by atoms with van der Waals surface area (Å²) in [7, 11) is 0. The van der Waals surface area contributed by atoms with Crippen LogP contribution in [0.2, 0.25) is 10.0 Å². The second kappa shape index (κ2) is 9.55. The number of ether oxygens (including phenoxy) is 1. The van der Waals surface area contributed by atoms with Crippen molar-refractivity contribution in [3.8, 4) is 11.5 Å². The molecule has 4 rings (SSSR count). The van der Waals surface area contributed by atoms with Gasteiger partial charge in [-0.15, -0.1) is 0 Å². The van der Waals surface area contributed by atoms with Crippen molar-refractivity contribution in [2.24, 2.45) is 5.73 Å². The Labute approximate surface area is 194 Å². The summed E-state index contributed by atoms with van der Waals surface area (Å²) >= 11 is 12.4. The number of amides is 1. The summed E-state index contributed by atoms with van der Waals surface area (Å²) in [5.74, 6) is 1.48. The van der Waals surface area contributed by atoms with E-state index in [1.165, 1.54) is 0 Å². The van der Waals surface area contributed by atoms with E-state index >= 15 is 0 Å². The Morgan fingerprint density at radius 3 is 2.50 bits per heavy atom. The topological polar surface area (TPSA) is 102 Å². The number of carbonyl (C=O) groups excluding carboxylic acids is 1. The van der Waals surface area contributed by atoms with Gasteiger partial charge in [0, 0.05) is 28.2 Å². The van der Waals surface area contributed by atoms with E-state index in [4.69, 9.17) is 33.7 Å². The first-order chi connectivity index (χ1) is 15.5. The summed E-state index contributed by atoms with van der Waals surface area (Å²) in [4.78, 5) is 20.0. The monoisotopic (exact) mass is 465 g/mol. The molecule has 160 valence electrons. The van der Waals surface area contributed by atoms with Crippen molar-refractivity contribution in [3.05, 3.63) is 94.6 Å². The lowest BCUT2D eigenvalue weighted by Gasteiger charge is -2.11. The minimum Gasteiger partial charge on any atom is -0.456 e. The minimum absolute atomic E-state index is 0.351. The highest BCUT2D eigenvalue weighted by Crippen LogP contribution is 2.33. The Hall–Kier alpha value is -3.81. The largest absolute Gasteiger partial charge is 0.456 e. The van der Waals surface area contributed by atoms with E-state index in [9.17, 15) is 4.79 Å². The Morgan fingerprint density at radius 1 is 0.906 bits per heavy atom. The van der Waals surface area contributed by atoms with Gasteiger partial charge < -0.3 is 21.1 Å². The van der Waals surface area contributed by atoms with Gasteiger partial charge in [-0.25, -0.2) is 4.98 Å². The number of anilines is 4. The van der Waals surface area contributed by atoms with E-state index in [1.807, 2.05) is 6.07 Å². The van der Waals surface area contributed by atoms with Crippen molar-refractivity contribution < 1.29 is 9.53 Å². The third-order valence-corrected chi connectivity index (χ3v) is 4.82. The van der Waals surface area contributed by atoms with Crippen molar-refractivity contribution in [1.29, 1.82) is 0 Å². The van der Waals surface area contributed by atoms with Gasteiger partial charge in [0.25, 0.3) is 0 Å². The number of aromatic nitrogens is 2. The molecular formula is C23H17Cl2N5O2. The second-order valence-corrected chi connectivity index (χ2v) is 7.51. The SMILES string of the molecule is NC(=O)c1cccc(Nc2nccc(Nc3ccc(Oc4cccc(Cl)c4)c(Cl)c3)n2)c1. The number of hydrogen-bond donors (Lipinski definition) is 3. The number of halogens is 2. The molecule has 3 aromatic carbocycles. The van der Waals surface area contributed by atoms with Gasteiger partial charge in [0.2, 0.25) is 11.9 Å². The Morgan fingerprint density at radius 2 is 1.72 bits per heavy atom. The number of benzene rings is 3. The molecule has 4 N–H and O–H groups in total. The van der Waals surface area contributed by atoms with Crippen molar-refractivity contribution >= 4 is 52.3 Å². The van der Waals surface area contributed by atoms with E-state index in [0.717, 1.165) is 0 Å². The average Bonchev–Trinajstić information content (AvgIpc) is 2.76. The van der Waals surface area contributed by atoms with Gasteiger partial charge in [0.05, 0.1) is 5.02 Å². The van der Waals surface area contributed by atoms with Crippen LogP contribution in [0.3, 0.4) is 0 Å². The van der Waals surface area contributed by atoms with E-state index in [-0.39, 0.29) is 0 Å². The van der Waals surface area contributed by atoms with Crippen molar-refractivity contribution in [2.75, 3.05) is 10.6 Å². The first-order valence-corrected chi connectivity index (χ1v) is 10.2. The molecule has 0 aliphatic heterocycles. The van der Waals surface area contributed by atoms with E-state index in [2.05, 4.69) is 20.6 Å². The van der Waals surface area contributed by atoms with E-state index in [1.54, 1.807) is 72.9 Å². The smallest absolute Gasteiger partial charge is 0.248 e. The Kier molecular flexibility index (Phi) is 6.39. The molecule has 0 unspecified atom stereocenters. The molecule has 0 aliphatic rings. The van der Waals surface area contributed by atoms with Crippen LogP contribution in [-0.2, 0) is 0 Å². The standard InChI is InChI=1S/C23H17Cl2N5O2/c24-15-4-2-6-18(12-15)32-20-8-7-17(13-19(20)25)28-21-9-10-27-23(30-21)29-16-5-1-3-14(11-16)22(26)31/h1-13H,(H2,26,31)(H2,27,28,29,30). The van der Waals surface area contributed by atoms with Gasteiger partial charge in [-0.2, -0.15) is 4.98 Å². The van der Waals surface area contributed by atoms with Crippen LogP contribution in [0.25, 0.3) is 0 Å². The number of rotatable bonds is 7. The van der Waals surface area contributed by atoms with Crippen LogP contribution >= 0.6 is 23.2 Å². The highest BCUT2D eigenvalue weighted by molar-refractivity contribution is 6.32. The molecule has 0 atom stereocenters. The highest BCUT2D eigenvalue weighted by atomic mass is 35.5. The molecule has 9 heteroatoms. The molecule has 7 nitrogen and oxygen atoms in total. The molecular weight excluding hydrogens is 449 g/mol. The maximum Gasteiger partial charge on any atom is 0.248 e. The maximum absolute atomic E-state index is 11.4. The van der Waals surface area contributed by atoms with Gasteiger partial charge in [0.15, 0.2) is 0 Å². The normalized spacial score (nSPS) is 10.4. The van der Waals surface area contributed by atoms with E-state index < -0.39 is 5.91 Å². The first kappa shape index (κ1) is 21.4. The van der Waals surface area contributed by atoms with Crippen LogP contribution in [0.5, 0.6) is 11.5 Å². The molecule has 1 amide bonds. The zero-order valence-corrected chi connectivity index (χ0v) is 18.1. The zero-order valence-electron chi connectivity index (χ0n) is 16.5. The van der Waals surface area contributed by atoms with Crippen LogP contribution in [0.1, 0.15) is 10.4 Å². The molecule has 0 radical (unpaired) electrons. The van der Waals surface area contributed by atoms with Crippen molar-refractivity contribution in [2.45, 2.75) is 0 Å². The molecule has 1 heterocycles. The van der Waals surface area contributed by atoms with E-state index in [0.29, 0.717) is 50.2 Å². The van der Waals surface area contributed by atoms with Crippen LogP contribution < -0.4 is 21.1 Å². The quantitative estimate of drug-likeness (QED) is 0.301. The zero-order chi connectivity index (χ0) is 22.5. The summed E-state index contributed by atoms with van der Waals surface area (Å²) in [6.45, 7) is 0. The lowest BCUT2D eigenvalue weighted by Crippen LogP contribution is -2.11. The predicted molar refractivity (Wildman–Crippen MR) is 127 cm³/mol. The summed E-state index contributed by atoms with van der Waals surface area (Å²) in [5.41, 5.74) is 7.07. The third-order valence-electron chi connectivity index (χ3n) is 4.29. The second-order valence-electron chi connectivity index (χ2n) is 6.67. The number of nitrogens with zero attached hydrogens (tertiary/aromatic N) is 2. The van der Waals surface area contributed by atoms with Gasteiger partial charge >= 0.3 is 0 Å². The fraction of sp³-hybridized carbons (Fsp3) is 0. The van der Waals surface area contributed by atoms with Gasteiger partial charge in [-0.3, -0.25) is 4.79 Å². The molecule has 0 aliphatic carbocycles. The number of carbonyl (C=O) groups is 1. The summed E-state index contributed by atoms with van der Waals surface area (Å²) in [6, 6.07) is 20.9. The molecule has 1 aromatic heterocycles. The molecule has 0 saturated heterocycles.